The number of hydrogen-bond donors (Lipinski definition) is 2. The standard InChI is InChI=1S/C19H19BrN4O4S/c1-2-29(27,28)23-15-6-4-14(5-7-15)22-18(25)9-10-24-12-21-17-8-3-13(20)11-16(17)19(24)26/h3-8,11-12,23H,2,9-10H2,1H3,(H,22,25). The predicted octanol–water partition coefficient (Wildman–Crippen LogP) is 2.95. The molecule has 10 heteroatoms. The molecule has 0 fully saturated rings. The molecule has 1 aromatic heterocycles. The average Bonchev–Trinajstić information content (AvgIpc) is 2.69. The van der Waals surface area contributed by atoms with Crippen molar-refractivity contribution in [2.75, 3.05) is 15.8 Å². The number of nitrogens with zero attached hydrogens (tertiary/aromatic N) is 2. The van der Waals surface area contributed by atoms with E-state index in [4.69, 9.17) is 0 Å². The van der Waals surface area contributed by atoms with Gasteiger partial charge < -0.3 is 5.32 Å². The van der Waals surface area contributed by atoms with E-state index in [1.807, 2.05) is 6.07 Å². The number of benzene rings is 2. The van der Waals surface area contributed by atoms with Gasteiger partial charge in [0.2, 0.25) is 15.9 Å². The summed E-state index contributed by atoms with van der Waals surface area (Å²) in [4.78, 5) is 29.0. The van der Waals surface area contributed by atoms with Crippen LogP contribution in [-0.4, -0.2) is 29.6 Å². The van der Waals surface area contributed by atoms with Crippen LogP contribution in [0.4, 0.5) is 11.4 Å². The largest absolute Gasteiger partial charge is 0.326 e. The number of nitrogens with one attached hydrogen (secondary N) is 2. The van der Waals surface area contributed by atoms with Crippen LogP contribution in [0.5, 0.6) is 0 Å². The molecule has 29 heavy (non-hydrogen) atoms. The van der Waals surface area contributed by atoms with Crippen molar-refractivity contribution >= 4 is 54.1 Å². The number of rotatable bonds is 7. The van der Waals surface area contributed by atoms with Crippen LogP contribution in [0.1, 0.15) is 13.3 Å². The smallest absolute Gasteiger partial charge is 0.261 e. The number of anilines is 2. The maximum atomic E-state index is 12.5. The highest BCUT2D eigenvalue weighted by Gasteiger charge is 2.09. The highest BCUT2D eigenvalue weighted by molar-refractivity contribution is 9.10. The molecule has 2 N–H and O–H groups in total. The van der Waals surface area contributed by atoms with Gasteiger partial charge in [0.15, 0.2) is 0 Å². The highest BCUT2D eigenvalue weighted by Crippen LogP contribution is 2.16. The number of halogens is 1. The van der Waals surface area contributed by atoms with Crippen molar-refractivity contribution in [3.8, 4) is 0 Å². The second kappa shape index (κ2) is 8.75. The van der Waals surface area contributed by atoms with Gasteiger partial charge >= 0.3 is 0 Å². The number of aryl methyl sites for hydroxylation is 1. The zero-order valence-corrected chi connectivity index (χ0v) is 18.0. The summed E-state index contributed by atoms with van der Waals surface area (Å²) in [6, 6.07) is 11.6. The maximum absolute atomic E-state index is 12.5. The van der Waals surface area contributed by atoms with Gasteiger partial charge in [-0.1, -0.05) is 15.9 Å². The van der Waals surface area contributed by atoms with Gasteiger partial charge in [-0.2, -0.15) is 0 Å². The second-order valence-corrected chi connectivity index (χ2v) is 9.21. The highest BCUT2D eigenvalue weighted by atomic mass is 79.9. The average molecular weight is 479 g/mol. The van der Waals surface area contributed by atoms with E-state index < -0.39 is 10.0 Å². The summed E-state index contributed by atoms with van der Waals surface area (Å²) in [5, 5.41) is 3.20. The molecular formula is C19H19BrN4O4S. The zero-order chi connectivity index (χ0) is 21.0. The van der Waals surface area contributed by atoms with Gasteiger partial charge in [0.25, 0.3) is 5.56 Å². The van der Waals surface area contributed by atoms with Crippen molar-refractivity contribution in [3.05, 3.63) is 63.6 Å². The number of hydrogen-bond acceptors (Lipinski definition) is 5. The van der Waals surface area contributed by atoms with Crippen LogP contribution in [0.25, 0.3) is 10.9 Å². The minimum Gasteiger partial charge on any atom is -0.326 e. The molecule has 1 heterocycles. The molecule has 1 amide bonds. The van der Waals surface area contributed by atoms with Gasteiger partial charge in [0.05, 0.1) is 23.0 Å². The van der Waals surface area contributed by atoms with Crippen molar-refractivity contribution in [2.45, 2.75) is 19.9 Å². The van der Waals surface area contributed by atoms with Crippen molar-refractivity contribution in [3.63, 3.8) is 0 Å². The molecule has 0 atom stereocenters. The Hall–Kier alpha value is -2.72. The van der Waals surface area contributed by atoms with Gasteiger partial charge in [-0.15, -0.1) is 0 Å². The first-order chi connectivity index (χ1) is 13.8. The zero-order valence-electron chi connectivity index (χ0n) is 15.6. The van der Waals surface area contributed by atoms with Crippen LogP contribution in [0.2, 0.25) is 0 Å². The number of sulfonamides is 1. The number of amides is 1. The summed E-state index contributed by atoms with van der Waals surface area (Å²) in [6.07, 6.45) is 1.52. The van der Waals surface area contributed by atoms with E-state index in [-0.39, 0.29) is 30.2 Å². The van der Waals surface area contributed by atoms with Gasteiger partial charge in [-0.25, -0.2) is 13.4 Å². The molecule has 0 aliphatic carbocycles. The molecule has 0 bridgehead atoms. The van der Waals surface area contributed by atoms with Gasteiger partial charge in [-0.3, -0.25) is 18.9 Å². The van der Waals surface area contributed by atoms with E-state index in [2.05, 4.69) is 31.0 Å². The van der Waals surface area contributed by atoms with E-state index in [9.17, 15) is 18.0 Å². The fraction of sp³-hybridized carbons (Fsp3) is 0.211. The first kappa shape index (κ1) is 21.0. The molecule has 3 rings (SSSR count). The number of fused-ring (bicyclic) bond motifs is 1. The third-order valence-corrected chi connectivity index (χ3v) is 5.99. The summed E-state index contributed by atoms with van der Waals surface area (Å²) in [7, 11) is -3.35. The van der Waals surface area contributed by atoms with E-state index in [1.54, 1.807) is 43.3 Å². The molecule has 8 nitrogen and oxygen atoms in total. The molecule has 152 valence electrons. The third-order valence-electron chi connectivity index (χ3n) is 4.19. The van der Waals surface area contributed by atoms with Crippen LogP contribution in [0.15, 0.2) is 58.1 Å². The number of aromatic nitrogens is 2. The van der Waals surface area contributed by atoms with Crippen molar-refractivity contribution < 1.29 is 13.2 Å². The molecule has 0 radical (unpaired) electrons. The Kier molecular flexibility index (Phi) is 6.33. The molecule has 0 saturated carbocycles. The van der Waals surface area contributed by atoms with E-state index >= 15 is 0 Å². The maximum Gasteiger partial charge on any atom is 0.261 e. The molecule has 0 aliphatic rings. The minimum atomic E-state index is -3.35. The second-order valence-electron chi connectivity index (χ2n) is 6.29. The molecule has 2 aromatic carbocycles. The molecule has 0 spiro atoms. The summed E-state index contributed by atoms with van der Waals surface area (Å²) in [6.45, 7) is 1.74. The lowest BCUT2D eigenvalue weighted by Gasteiger charge is -2.09. The van der Waals surface area contributed by atoms with Crippen LogP contribution >= 0.6 is 15.9 Å². The molecule has 0 saturated heterocycles. The monoisotopic (exact) mass is 478 g/mol. The Bertz CT molecular complexity index is 1210. The minimum absolute atomic E-state index is 0.0224. The van der Waals surface area contributed by atoms with Gasteiger partial charge in [0, 0.05) is 28.8 Å². The lowest BCUT2D eigenvalue weighted by molar-refractivity contribution is -0.116. The van der Waals surface area contributed by atoms with Gasteiger partial charge in [0.1, 0.15) is 0 Å². The summed E-state index contributed by atoms with van der Waals surface area (Å²) in [5.41, 5.74) is 1.33. The summed E-state index contributed by atoms with van der Waals surface area (Å²) < 4.78 is 27.7. The Morgan fingerprint density at radius 1 is 1.14 bits per heavy atom. The fourth-order valence-corrected chi connectivity index (χ4v) is 3.61. The molecule has 3 aromatic rings. The van der Waals surface area contributed by atoms with Crippen LogP contribution < -0.4 is 15.6 Å². The van der Waals surface area contributed by atoms with Crippen LogP contribution in [0.3, 0.4) is 0 Å². The summed E-state index contributed by atoms with van der Waals surface area (Å²) in [5.74, 6) is -0.293. The van der Waals surface area contributed by atoms with Crippen molar-refractivity contribution in [1.29, 1.82) is 0 Å². The van der Waals surface area contributed by atoms with E-state index in [0.717, 1.165) is 4.47 Å². The number of carbonyl (C=O) groups is 1. The third kappa shape index (κ3) is 5.42. The van der Waals surface area contributed by atoms with Crippen molar-refractivity contribution in [2.24, 2.45) is 0 Å². The fourth-order valence-electron chi connectivity index (χ4n) is 2.61. The predicted molar refractivity (Wildman–Crippen MR) is 116 cm³/mol. The topological polar surface area (TPSA) is 110 Å². The Balaban J connectivity index is 1.62. The lowest BCUT2D eigenvalue weighted by atomic mass is 10.2. The number of carbonyl (C=O) groups excluding carboxylic acids is 1. The first-order valence-corrected chi connectivity index (χ1v) is 11.3. The lowest BCUT2D eigenvalue weighted by Crippen LogP contribution is -2.23. The SMILES string of the molecule is CCS(=O)(=O)Nc1ccc(NC(=O)CCn2cnc3ccc(Br)cc3c2=O)cc1. The van der Waals surface area contributed by atoms with Crippen LogP contribution in [-0.2, 0) is 21.4 Å². The summed E-state index contributed by atoms with van der Waals surface area (Å²) >= 11 is 3.34. The molecular weight excluding hydrogens is 460 g/mol. The molecule has 0 unspecified atom stereocenters. The Morgan fingerprint density at radius 3 is 2.52 bits per heavy atom. The molecule has 0 aliphatic heterocycles. The van der Waals surface area contributed by atoms with E-state index in [1.165, 1.54) is 10.9 Å². The van der Waals surface area contributed by atoms with Gasteiger partial charge in [-0.05, 0) is 49.4 Å². The Morgan fingerprint density at radius 2 is 1.83 bits per heavy atom. The first-order valence-electron chi connectivity index (χ1n) is 8.82. The Labute approximate surface area is 176 Å². The van der Waals surface area contributed by atoms with E-state index in [0.29, 0.717) is 22.3 Å². The normalized spacial score (nSPS) is 11.4. The van der Waals surface area contributed by atoms with Crippen LogP contribution in [0, 0.1) is 0 Å². The van der Waals surface area contributed by atoms with Crippen molar-refractivity contribution in [1.82, 2.24) is 9.55 Å². The quantitative estimate of drug-likeness (QED) is 0.542.